The molecule has 4 rings (SSSR count). The lowest BCUT2D eigenvalue weighted by Crippen LogP contribution is -2.48. The van der Waals surface area contributed by atoms with Crippen molar-refractivity contribution in [3.63, 3.8) is 0 Å². The van der Waals surface area contributed by atoms with E-state index in [1.165, 1.54) is 11.1 Å². The summed E-state index contributed by atoms with van der Waals surface area (Å²) >= 11 is 0. The lowest BCUT2D eigenvalue weighted by atomic mass is 9.79. The van der Waals surface area contributed by atoms with Gasteiger partial charge in [0.05, 0.1) is 39.6 Å². The predicted octanol–water partition coefficient (Wildman–Crippen LogP) is 1.80. The summed E-state index contributed by atoms with van der Waals surface area (Å²) in [4.78, 5) is 2.57. The van der Waals surface area contributed by atoms with Crippen molar-refractivity contribution in [2.75, 3.05) is 66.8 Å². The van der Waals surface area contributed by atoms with E-state index in [-0.39, 0.29) is 5.60 Å². The molecule has 1 atom stereocenters. The number of piperidine rings is 1. The molecule has 3 aliphatic rings. The molecule has 1 aromatic carbocycles. The topological polar surface area (TPSA) is 52.2 Å². The SMILES string of the molecule is COc1cc2c(cc1OC)C1(CCN(CC3CNCCOC3)CC1)OCC2. The van der Waals surface area contributed by atoms with Crippen molar-refractivity contribution < 1.29 is 18.9 Å². The molecule has 0 radical (unpaired) electrons. The number of ether oxygens (including phenoxy) is 4. The third kappa shape index (κ3) is 3.94. The van der Waals surface area contributed by atoms with E-state index in [9.17, 15) is 0 Å². The number of likely N-dealkylation sites (tertiary alicyclic amines) is 1. The summed E-state index contributed by atoms with van der Waals surface area (Å²) in [6.07, 6.45) is 2.99. The Hall–Kier alpha value is -1.34. The zero-order chi connectivity index (χ0) is 18.7. The van der Waals surface area contributed by atoms with Gasteiger partial charge in [-0.05, 0) is 42.5 Å². The van der Waals surface area contributed by atoms with Gasteiger partial charge in [-0.15, -0.1) is 0 Å². The van der Waals surface area contributed by atoms with Crippen molar-refractivity contribution in [2.24, 2.45) is 5.92 Å². The third-order valence-electron chi connectivity index (χ3n) is 6.24. The van der Waals surface area contributed by atoms with E-state index in [4.69, 9.17) is 18.9 Å². The number of rotatable bonds is 4. The minimum absolute atomic E-state index is 0.179. The summed E-state index contributed by atoms with van der Waals surface area (Å²) < 4.78 is 23.2. The molecule has 1 unspecified atom stereocenters. The van der Waals surface area contributed by atoms with E-state index in [0.717, 1.165) is 83.3 Å². The normalized spacial score (nSPS) is 25.6. The number of hydrogen-bond acceptors (Lipinski definition) is 6. The van der Waals surface area contributed by atoms with E-state index in [1.807, 2.05) is 0 Å². The van der Waals surface area contributed by atoms with E-state index in [0.29, 0.717) is 5.92 Å². The van der Waals surface area contributed by atoms with E-state index < -0.39 is 0 Å². The lowest BCUT2D eigenvalue weighted by molar-refractivity contribution is -0.0998. The average Bonchev–Trinajstić information content (AvgIpc) is 2.98. The smallest absolute Gasteiger partial charge is 0.161 e. The van der Waals surface area contributed by atoms with E-state index >= 15 is 0 Å². The molecule has 3 aliphatic heterocycles. The highest BCUT2D eigenvalue weighted by atomic mass is 16.5. The quantitative estimate of drug-likeness (QED) is 0.865. The van der Waals surface area contributed by atoms with Gasteiger partial charge in [-0.25, -0.2) is 0 Å². The van der Waals surface area contributed by atoms with Gasteiger partial charge in [-0.2, -0.15) is 0 Å². The number of methoxy groups -OCH3 is 2. The zero-order valence-electron chi connectivity index (χ0n) is 16.6. The van der Waals surface area contributed by atoms with Crippen LogP contribution in [-0.4, -0.2) is 71.7 Å². The summed E-state index contributed by atoms with van der Waals surface area (Å²) in [5, 5.41) is 3.48. The summed E-state index contributed by atoms with van der Waals surface area (Å²) in [5.74, 6) is 2.18. The van der Waals surface area contributed by atoms with Gasteiger partial charge in [0.15, 0.2) is 11.5 Å². The van der Waals surface area contributed by atoms with Crippen LogP contribution in [0.1, 0.15) is 24.0 Å². The molecule has 0 amide bonds. The molecule has 0 saturated carbocycles. The maximum atomic E-state index is 6.40. The van der Waals surface area contributed by atoms with Crippen molar-refractivity contribution in [3.05, 3.63) is 23.3 Å². The lowest BCUT2D eigenvalue weighted by Gasteiger charge is -2.45. The van der Waals surface area contributed by atoms with Crippen molar-refractivity contribution in [1.82, 2.24) is 10.2 Å². The van der Waals surface area contributed by atoms with Crippen molar-refractivity contribution in [1.29, 1.82) is 0 Å². The van der Waals surface area contributed by atoms with Crippen LogP contribution in [-0.2, 0) is 21.5 Å². The fourth-order valence-corrected chi connectivity index (χ4v) is 4.74. The highest BCUT2D eigenvalue weighted by molar-refractivity contribution is 5.50. The molecular formula is C21H32N2O4. The van der Waals surface area contributed by atoms with Gasteiger partial charge in [-0.3, -0.25) is 0 Å². The maximum absolute atomic E-state index is 6.40. The molecule has 1 aromatic rings. The molecule has 6 heteroatoms. The first kappa shape index (κ1) is 19.0. The fraction of sp³-hybridized carbons (Fsp3) is 0.714. The van der Waals surface area contributed by atoms with Crippen LogP contribution in [0.2, 0.25) is 0 Å². The van der Waals surface area contributed by atoms with Gasteiger partial charge in [0, 0.05) is 38.6 Å². The molecule has 2 saturated heterocycles. The Balaban J connectivity index is 1.47. The van der Waals surface area contributed by atoms with Gasteiger partial charge in [-0.1, -0.05) is 0 Å². The van der Waals surface area contributed by atoms with Crippen molar-refractivity contribution >= 4 is 0 Å². The molecule has 1 spiro atoms. The maximum Gasteiger partial charge on any atom is 0.161 e. The van der Waals surface area contributed by atoms with Crippen molar-refractivity contribution in [3.8, 4) is 11.5 Å². The standard InChI is InChI=1S/C21H32N2O4/c1-24-19-11-17-3-9-27-21(18(17)12-20(19)25-2)4-7-23(8-5-21)14-16-13-22-6-10-26-15-16/h11-12,16,22H,3-10,13-15H2,1-2H3. The van der Waals surface area contributed by atoms with E-state index in [2.05, 4.69) is 22.3 Å². The predicted molar refractivity (Wildman–Crippen MR) is 104 cm³/mol. The van der Waals surface area contributed by atoms with E-state index in [1.54, 1.807) is 14.2 Å². The first-order chi connectivity index (χ1) is 13.2. The second-order valence-electron chi connectivity index (χ2n) is 7.90. The van der Waals surface area contributed by atoms with Crippen LogP contribution in [0.15, 0.2) is 12.1 Å². The second-order valence-corrected chi connectivity index (χ2v) is 7.90. The molecule has 0 aliphatic carbocycles. The summed E-state index contributed by atoms with van der Waals surface area (Å²) in [6.45, 7) is 7.72. The Morgan fingerprint density at radius 2 is 1.93 bits per heavy atom. The van der Waals surface area contributed by atoms with Crippen LogP contribution < -0.4 is 14.8 Å². The molecule has 6 nitrogen and oxygen atoms in total. The molecule has 0 aromatic heterocycles. The number of hydrogen-bond donors (Lipinski definition) is 1. The van der Waals surface area contributed by atoms with Crippen LogP contribution in [0, 0.1) is 5.92 Å². The molecule has 3 heterocycles. The number of fused-ring (bicyclic) bond motifs is 2. The molecule has 27 heavy (non-hydrogen) atoms. The van der Waals surface area contributed by atoms with Gasteiger partial charge in [0.25, 0.3) is 0 Å². The minimum Gasteiger partial charge on any atom is -0.493 e. The monoisotopic (exact) mass is 376 g/mol. The highest BCUT2D eigenvalue weighted by Gasteiger charge is 2.41. The first-order valence-corrected chi connectivity index (χ1v) is 10.1. The summed E-state index contributed by atoms with van der Waals surface area (Å²) in [6, 6.07) is 4.28. The fourth-order valence-electron chi connectivity index (χ4n) is 4.74. The Morgan fingerprint density at radius 3 is 2.70 bits per heavy atom. The van der Waals surface area contributed by atoms with Crippen molar-refractivity contribution in [2.45, 2.75) is 24.9 Å². The largest absolute Gasteiger partial charge is 0.493 e. The van der Waals surface area contributed by atoms with Crippen LogP contribution in [0.25, 0.3) is 0 Å². The average molecular weight is 376 g/mol. The summed E-state index contributed by atoms with van der Waals surface area (Å²) in [7, 11) is 3.40. The zero-order valence-corrected chi connectivity index (χ0v) is 16.6. The number of nitrogens with zero attached hydrogens (tertiary/aromatic N) is 1. The van der Waals surface area contributed by atoms with Crippen LogP contribution in [0.4, 0.5) is 0 Å². The Kier molecular flexibility index (Phi) is 5.88. The van der Waals surface area contributed by atoms with Crippen LogP contribution >= 0.6 is 0 Å². The molecule has 0 bridgehead atoms. The minimum atomic E-state index is -0.179. The number of benzene rings is 1. The van der Waals surface area contributed by atoms with Gasteiger partial charge in [0.1, 0.15) is 0 Å². The Morgan fingerprint density at radius 1 is 1.15 bits per heavy atom. The van der Waals surface area contributed by atoms with Gasteiger partial charge in [0.2, 0.25) is 0 Å². The Bertz CT molecular complexity index is 635. The third-order valence-corrected chi connectivity index (χ3v) is 6.24. The highest BCUT2D eigenvalue weighted by Crippen LogP contribution is 2.45. The Labute approximate surface area is 162 Å². The van der Waals surface area contributed by atoms with Crippen LogP contribution in [0.3, 0.4) is 0 Å². The second kappa shape index (κ2) is 8.35. The van der Waals surface area contributed by atoms with Gasteiger partial charge >= 0.3 is 0 Å². The molecule has 150 valence electrons. The molecule has 1 N–H and O–H groups in total. The molecular weight excluding hydrogens is 344 g/mol. The molecule has 2 fully saturated rings. The van der Waals surface area contributed by atoms with Crippen LogP contribution in [0.5, 0.6) is 11.5 Å². The van der Waals surface area contributed by atoms with Gasteiger partial charge < -0.3 is 29.2 Å². The number of nitrogens with one attached hydrogen (secondary N) is 1. The first-order valence-electron chi connectivity index (χ1n) is 10.1. The summed E-state index contributed by atoms with van der Waals surface area (Å²) in [5.41, 5.74) is 2.46.